The summed E-state index contributed by atoms with van der Waals surface area (Å²) in [4.78, 5) is 0. The molecule has 0 atom stereocenters. The molecular weight excluding hydrogens is 250 g/mol. The number of nitrogens with one attached hydrogen (secondary N) is 1. The first kappa shape index (κ1) is 15.0. The van der Waals surface area contributed by atoms with Crippen molar-refractivity contribution in [3.8, 4) is 0 Å². The van der Waals surface area contributed by atoms with Crippen molar-refractivity contribution < 1.29 is 4.74 Å². The number of fused-ring (bicyclic) bond motifs is 1. The van der Waals surface area contributed by atoms with Crippen molar-refractivity contribution in [2.45, 2.75) is 45.8 Å². The summed E-state index contributed by atoms with van der Waals surface area (Å²) in [5.74, 6) is 0. The lowest BCUT2D eigenvalue weighted by atomic mass is 10.1. The summed E-state index contributed by atoms with van der Waals surface area (Å²) < 4.78 is 7.21. The molecule has 0 saturated heterocycles. The number of hydrogen-bond donors (Lipinski definition) is 1. The summed E-state index contributed by atoms with van der Waals surface area (Å²) in [6.45, 7) is 8.97. The van der Waals surface area contributed by atoms with Crippen molar-refractivity contribution in [2.75, 3.05) is 13.7 Å². The Morgan fingerprint density at radius 2 is 2.00 bits per heavy atom. The van der Waals surface area contributed by atoms with Crippen LogP contribution in [0.2, 0.25) is 0 Å². The van der Waals surface area contributed by atoms with E-state index in [9.17, 15) is 0 Å². The van der Waals surface area contributed by atoms with Gasteiger partial charge in [0.2, 0.25) is 0 Å². The van der Waals surface area contributed by atoms with Crippen molar-refractivity contribution in [1.82, 2.24) is 15.1 Å². The zero-order chi connectivity index (χ0) is 14.6. The van der Waals surface area contributed by atoms with E-state index in [0.29, 0.717) is 0 Å². The van der Waals surface area contributed by atoms with E-state index >= 15 is 0 Å². The second-order valence-corrected chi connectivity index (χ2v) is 6.14. The Balaban J connectivity index is 2.21. The molecule has 0 amide bonds. The van der Waals surface area contributed by atoms with E-state index in [-0.39, 0.29) is 5.54 Å². The fourth-order valence-corrected chi connectivity index (χ4v) is 2.20. The van der Waals surface area contributed by atoms with Crippen molar-refractivity contribution in [3.05, 3.63) is 30.0 Å². The minimum absolute atomic E-state index is 0.0981. The molecule has 1 aromatic carbocycles. The van der Waals surface area contributed by atoms with E-state index in [2.05, 4.69) is 55.0 Å². The van der Waals surface area contributed by atoms with E-state index in [4.69, 9.17) is 9.84 Å². The molecule has 4 heteroatoms. The lowest BCUT2D eigenvalue weighted by Crippen LogP contribution is -2.35. The van der Waals surface area contributed by atoms with Gasteiger partial charge in [0.1, 0.15) is 0 Å². The van der Waals surface area contributed by atoms with Crippen molar-refractivity contribution in [3.63, 3.8) is 0 Å². The minimum atomic E-state index is 0.0981. The number of rotatable bonds is 6. The number of hydrogen-bond acceptors (Lipinski definition) is 3. The predicted molar refractivity (Wildman–Crippen MR) is 82.8 cm³/mol. The zero-order valence-corrected chi connectivity index (χ0v) is 12.9. The van der Waals surface area contributed by atoms with Crippen LogP contribution in [0.25, 0.3) is 10.9 Å². The van der Waals surface area contributed by atoms with Gasteiger partial charge in [0.25, 0.3) is 0 Å². The largest absolute Gasteiger partial charge is 0.385 e. The van der Waals surface area contributed by atoms with Gasteiger partial charge in [-0.25, -0.2) is 0 Å². The monoisotopic (exact) mass is 275 g/mol. The number of aromatic nitrogens is 2. The SMILES string of the molecule is COCCCn1nc(CNC(C)(C)C)c2ccccc21. The van der Waals surface area contributed by atoms with E-state index in [1.165, 1.54) is 10.9 Å². The highest BCUT2D eigenvalue weighted by atomic mass is 16.5. The fourth-order valence-electron chi connectivity index (χ4n) is 2.20. The molecule has 1 aromatic heterocycles. The molecule has 0 radical (unpaired) electrons. The Morgan fingerprint density at radius 1 is 1.25 bits per heavy atom. The molecule has 4 nitrogen and oxygen atoms in total. The van der Waals surface area contributed by atoms with Crippen LogP contribution in [0.1, 0.15) is 32.9 Å². The highest BCUT2D eigenvalue weighted by Gasteiger charge is 2.13. The molecule has 0 aliphatic carbocycles. The third kappa shape index (κ3) is 3.81. The van der Waals surface area contributed by atoms with Gasteiger partial charge in [-0.05, 0) is 33.3 Å². The highest BCUT2D eigenvalue weighted by molar-refractivity contribution is 5.81. The van der Waals surface area contributed by atoms with E-state index in [1.807, 2.05) is 0 Å². The second-order valence-electron chi connectivity index (χ2n) is 6.14. The molecule has 1 heterocycles. The average Bonchev–Trinajstić information content (AvgIpc) is 2.75. The first-order valence-corrected chi connectivity index (χ1v) is 7.19. The topological polar surface area (TPSA) is 39.1 Å². The van der Waals surface area contributed by atoms with Crippen molar-refractivity contribution in [1.29, 1.82) is 0 Å². The highest BCUT2D eigenvalue weighted by Crippen LogP contribution is 2.19. The van der Waals surface area contributed by atoms with Crippen LogP contribution in [-0.2, 0) is 17.8 Å². The van der Waals surface area contributed by atoms with Gasteiger partial charge in [-0.15, -0.1) is 0 Å². The normalized spacial score (nSPS) is 12.2. The van der Waals surface area contributed by atoms with Crippen LogP contribution in [0.4, 0.5) is 0 Å². The van der Waals surface area contributed by atoms with Crippen LogP contribution >= 0.6 is 0 Å². The standard InChI is InChI=1S/C16H25N3O/c1-16(2,3)17-12-14-13-8-5-6-9-15(13)19(18-14)10-7-11-20-4/h5-6,8-9,17H,7,10-12H2,1-4H3. The van der Waals surface area contributed by atoms with E-state index < -0.39 is 0 Å². The van der Waals surface area contributed by atoms with Gasteiger partial charge in [-0.2, -0.15) is 5.10 Å². The third-order valence-corrected chi connectivity index (χ3v) is 3.24. The van der Waals surface area contributed by atoms with Crippen molar-refractivity contribution in [2.24, 2.45) is 0 Å². The quantitative estimate of drug-likeness (QED) is 0.824. The summed E-state index contributed by atoms with van der Waals surface area (Å²) in [7, 11) is 1.74. The van der Waals surface area contributed by atoms with Gasteiger partial charge in [0, 0.05) is 37.7 Å². The van der Waals surface area contributed by atoms with E-state index in [1.54, 1.807) is 7.11 Å². The molecule has 2 aromatic rings. The molecule has 20 heavy (non-hydrogen) atoms. The van der Waals surface area contributed by atoms with Crippen LogP contribution < -0.4 is 5.32 Å². The van der Waals surface area contributed by atoms with Gasteiger partial charge in [-0.1, -0.05) is 18.2 Å². The lowest BCUT2D eigenvalue weighted by molar-refractivity contribution is 0.189. The Hall–Kier alpha value is -1.39. The zero-order valence-electron chi connectivity index (χ0n) is 12.9. The molecule has 110 valence electrons. The summed E-state index contributed by atoms with van der Waals surface area (Å²) in [5, 5.41) is 9.51. The molecule has 0 unspecified atom stereocenters. The summed E-state index contributed by atoms with van der Waals surface area (Å²) in [6, 6.07) is 8.42. The number of ether oxygens (including phenoxy) is 1. The number of methoxy groups -OCH3 is 1. The Morgan fingerprint density at radius 3 is 2.70 bits per heavy atom. The fraction of sp³-hybridized carbons (Fsp3) is 0.562. The second kappa shape index (κ2) is 6.37. The maximum absolute atomic E-state index is 5.12. The lowest BCUT2D eigenvalue weighted by Gasteiger charge is -2.19. The first-order chi connectivity index (χ1) is 9.51. The van der Waals surface area contributed by atoms with Crippen LogP contribution in [0, 0.1) is 0 Å². The number of aryl methyl sites for hydroxylation is 1. The number of benzene rings is 1. The van der Waals surface area contributed by atoms with Crippen LogP contribution in [-0.4, -0.2) is 29.0 Å². The average molecular weight is 275 g/mol. The van der Waals surface area contributed by atoms with Crippen LogP contribution in [0.5, 0.6) is 0 Å². The Bertz CT molecular complexity index is 554. The van der Waals surface area contributed by atoms with E-state index in [0.717, 1.165) is 31.8 Å². The smallest absolute Gasteiger partial charge is 0.0841 e. The number of para-hydroxylation sites is 1. The maximum atomic E-state index is 5.12. The molecule has 0 fully saturated rings. The summed E-state index contributed by atoms with van der Waals surface area (Å²) >= 11 is 0. The molecule has 0 saturated carbocycles. The Kier molecular flexibility index (Phi) is 4.78. The third-order valence-electron chi connectivity index (χ3n) is 3.24. The maximum Gasteiger partial charge on any atom is 0.0841 e. The molecule has 2 rings (SSSR count). The number of nitrogens with zero attached hydrogens (tertiary/aromatic N) is 2. The molecule has 0 aliphatic rings. The molecule has 0 aliphatic heterocycles. The first-order valence-electron chi connectivity index (χ1n) is 7.19. The van der Waals surface area contributed by atoms with Crippen LogP contribution in [0.15, 0.2) is 24.3 Å². The van der Waals surface area contributed by atoms with Gasteiger partial charge in [0.15, 0.2) is 0 Å². The van der Waals surface area contributed by atoms with Gasteiger partial charge in [0.05, 0.1) is 11.2 Å². The predicted octanol–water partition coefficient (Wildman–Crippen LogP) is 2.96. The summed E-state index contributed by atoms with van der Waals surface area (Å²) in [6.07, 6.45) is 0.980. The van der Waals surface area contributed by atoms with Gasteiger partial charge >= 0.3 is 0 Å². The summed E-state index contributed by atoms with van der Waals surface area (Å²) in [5.41, 5.74) is 2.42. The van der Waals surface area contributed by atoms with Gasteiger partial charge < -0.3 is 10.1 Å². The Labute approximate surface area is 121 Å². The molecular formula is C16H25N3O. The van der Waals surface area contributed by atoms with Gasteiger partial charge in [-0.3, -0.25) is 4.68 Å². The molecule has 0 bridgehead atoms. The van der Waals surface area contributed by atoms with Crippen molar-refractivity contribution >= 4 is 10.9 Å². The van der Waals surface area contributed by atoms with Crippen LogP contribution in [0.3, 0.4) is 0 Å². The minimum Gasteiger partial charge on any atom is -0.385 e. The molecule has 0 spiro atoms. The molecule has 1 N–H and O–H groups in total.